The van der Waals surface area contributed by atoms with Gasteiger partial charge in [0.2, 0.25) is 0 Å². The Morgan fingerprint density at radius 2 is 0.495 bits per heavy atom. The zero-order valence-electron chi connectivity index (χ0n) is 63.7. The number of aliphatic hydroxyl groups is 1. The highest BCUT2D eigenvalue weighted by Gasteiger charge is 2.30. The molecule has 0 radical (unpaired) electrons. The van der Waals surface area contributed by atoms with Crippen LogP contribution in [0.25, 0.3) is 0 Å². The smallest absolute Gasteiger partial charge is 0.462 e. The first-order valence-electron chi connectivity index (χ1n) is 40.2. The summed E-state index contributed by atoms with van der Waals surface area (Å²) in [6, 6.07) is 0. The van der Waals surface area contributed by atoms with E-state index in [4.69, 9.17) is 37.0 Å². The van der Waals surface area contributed by atoms with E-state index >= 15 is 0 Å². The summed E-state index contributed by atoms with van der Waals surface area (Å²) in [5.41, 5.74) is 0. The van der Waals surface area contributed by atoms with E-state index in [1.165, 1.54) is 193 Å². The van der Waals surface area contributed by atoms with Crippen molar-refractivity contribution in [1.82, 2.24) is 0 Å². The molecule has 0 aromatic rings. The van der Waals surface area contributed by atoms with Gasteiger partial charge in [0.25, 0.3) is 0 Å². The van der Waals surface area contributed by atoms with Crippen LogP contribution in [0.4, 0.5) is 0 Å². The molecule has 0 heterocycles. The third kappa shape index (κ3) is 70.9. The summed E-state index contributed by atoms with van der Waals surface area (Å²) in [4.78, 5) is 72.9. The first kappa shape index (κ1) is 95.1. The monoisotopic (exact) mass is 1420 g/mol. The molecule has 97 heavy (non-hydrogen) atoms. The van der Waals surface area contributed by atoms with E-state index in [9.17, 15) is 43.2 Å². The second-order valence-electron chi connectivity index (χ2n) is 29.8. The fraction of sp³-hybridized carbons (Fsp3) is 0.949. The molecule has 19 heteroatoms. The Labute approximate surface area is 594 Å². The summed E-state index contributed by atoms with van der Waals surface area (Å²) in [6.07, 6.45) is 52.8. The van der Waals surface area contributed by atoms with Gasteiger partial charge >= 0.3 is 39.5 Å². The molecule has 0 aliphatic heterocycles. The highest BCUT2D eigenvalue weighted by molar-refractivity contribution is 7.47. The number of esters is 4. The van der Waals surface area contributed by atoms with E-state index in [-0.39, 0.29) is 25.7 Å². The third-order valence-electron chi connectivity index (χ3n) is 18.4. The van der Waals surface area contributed by atoms with Crippen LogP contribution >= 0.6 is 15.6 Å². The minimum absolute atomic E-state index is 0.104. The molecule has 0 aromatic carbocycles. The molecule has 17 nitrogen and oxygen atoms in total. The third-order valence-corrected chi connectivity index (χ3v) is 20.3. The number of phosphoric ester groups is 2. The fourth-order valence-corrected chi connectivity index (χ4v) is 13.5. The number of ether oxygens (including phenoxy) is 4. The average molecular weight is 1420 g/mol. The number of aliphatic hydroxyl groups excluding tert-OH is 1. The largest absolute Gasteiger partial charge is 0.472 e. The Morgan fingerprint density at radius 1 is 0.289 bits per heavy atom. The van der Waals surface area contributed by atoms with Gasteiger partial charge in [-0.05, 0) is 49.4 Å². The summed E-state index contributed by atoms with van der Waals surface area (Å²) in [6.45, 7) is 14.2. The number of unbranched alkanes of at least 4 members (excludes halogenated alkanes) is 40. The van der Waals surface area contributed by atoms with Gasteiger partial charge in [0, 0.05) is 25.7 Å². The Morgan fingerprint density at radius 3 is 0.732 bits per heavy atom. The molecule has 0 amide bonds. The van der Waals surface area contributed by atoms with Crippen LogP contribution < -0.4 is 0 Å². The second kappa shape index (κ2) is 67.2. The highest BCUT2D eigenvalue weighted by atomic mass is 31.2. The Hall–Kier alpha value is -1.94. The predicted molar refractivity (Wildman–Crippen MR) is 395 cm³/mol. The first-order chi connectivity index (χ1) is 46.6. The average Bonchev–Trinajstić information content (AvgIpc) is 1.47. The standard InChI is InChI=1S/C78H152O17P2/c1-9-71(8)57-49-41-36-37-43-51-59-76(81)89-65-74(95-78(83)61-53-45-35-29-23-26-32-40-48-56-70(6)7)67-93-97(86,87)91-63-72(79)62-90-96(84,85)92-66-73(64-88-75(80)58-50-42-33-27-21-17-14-13-16-20-25-31-39-47-55-69(4)5)94-77(82)60-52-44-34-28-22-18-12-10-11-15-19-24-30-38-46-54-68(2)3/h68-74,79H,9-67H2,1-8H3,(H,84,85)(H,86,87)/t71?,72-,73-,74-/m1/s1. The maximum atomic E-state index is 13.1. The van der Waals surface area contributed by atoms with E-state index in [1.54, 1.807) is 0 Å². The number of rotatable bonds is 75. The molecule has 0 saturated carbocycles. The van der Waals surface area contributed by atoms with Crippen LogP contribution in [-0.4, -0.2) is 96.7 Å². The van der Waals surface area contributed by atoms with Crippen molar-refractivity contribution in [2.75, 3.05) is 39.6 Å². The lowest BCUT2D eigenvalue weighted by atomic mass is 10.00. The van der Waals surface area contributed by atoms with Crippen LogP contribution in [0, 0.1) is 23.7 Å². The molecule has 0 bridgehead atoms. The highest BCUT2D eigenvalue weighted by Crippen LogP contribution is 2.45. The van der Waals surface area contributed by atoms with Crippen LogP contribution in [0.1, 0.15) is 396 Å². The van der Waals surface area contributed by atoms with E-state index in [0.29, 0.717) is 25.7 Å². The van der Waals surface area contributed by atoms with Crippen LogP contribution in [-0.2, 0) is 65.4 Å². The topological polar surface area (TPSA) is 237 Å². The lowest BCUT2D eigenvalue weighted by Gasteiger charge is -2.21. The quantitative estimate of drug-likeness (QED) is 0.0222. The zero-order chi connectivity index (χ0) is 71.7. The van der Waals surface area contributed by atoms with E-state index in [2.05, 4.69) is 55.4 Å². The van der Waals surface area contributed by atoms with Gasteiger partial charge in [0.1, 0.15) is 19.3 Å². The summed E-state index contributed by atoms with van der Waals surface area (Å²) < 4.78 is 68.6. The SMILES string of the molecule is CCC(C)CCCCCCCCC(=O)OC[C@H](COP(=O)(O)OC[C@H](O)COP(=O)(O)OC[C@@H](COC(=O)CCCCCCCCCCCCCCCCC(C)C)OC(=O)CCCCCCCCCCCCCCCCCC(C)C)OC(=O)CCCCCCCCCCCC(C)C. The van der Waals surface area contributed by atoms with Gasteiger partial charge in [0.15, 0.2) is 12.2 Å². The Balaban J connectivity index is 5.25. The molecule has 0 aliphatic carbocycles. The molecule has 0 aliphatic rings. The molecule has 0 saturated heterocycles. The minimum Gasteiger partial charge on any atom is -0.462 e. The zero-order valence-corrected chi connectivity index (χ0v) is 65.5. The van der Waals surface area contributed by atoms with Gasteiger partial charge in [-0.25, -0.2) is 9.13 Å². The van der Waals surface area contributed by atoms with Crippen LogP contribution in [0.15, 0.2) is 0 Å². The van der Waals surface area contributed by atoms with Crippen molar-refractivity contribution in [2.45, 2.75) is 414 Å². The van der Waals surface area contributed by atoms with Gasteiger partial charge < -0.3 is 33.8 Å². The maximum Gasteiger partial charge on any atom is 0.472 e. The van der Waals surface area contributed by atoms with E-state index in [0.717, 1.165) is 120 Å². The van der Waals surface area contributed by atoms with Crippen LogP contribution in [0.5, 0.6) is 0 Å². The number of carbonyl (C=O) groups excluding carboxylic acids is 4. The van der Waals surface area contributed by atoms with Crippen molar-refractivity contribution in [3.05, 3.63) is 0 Å². The van der Waals surface area contributed by atoms with Crippen molar-refractivity contribution in [2.24, 2.45) is 23.7 Å². The van der Waals surface area contributed by atoms with Gasteiger partial charge in [-0.2, -0.15) is 0 Å². The molecular weight excluding hydrogens is 1270 g/mol. The van der Waals surface area contributed by atoms with E-state index in [1.807, 2.05) is 0 Å². The normalized spacial score (nSPS) is 14.4. The molecule has 0 rings (SSSR count). The molecule has 0 aromatic heterocycles. The summed E-state index contributed by atoms with van der Waals surface area (Å²) in [5, 5.41) is 10.6. The Bertz CT molecular complexity index is 1900. The van der Waals surface area contributed by atoms with Crippen LogP contribution in [0.3, 0.4) is 0 Å². The fourth-order valence-electron chi connectivity index (χ4n) is 11.9. The predicted octanol–water partition coefficient (Wildman–Crippen LogP) is 22.8. The van der Waals surface area contributed by atoms with Gasteiger partial charge in [-0.3, -0.25) is 37.3 Å². The first-order valence-corrected chi connectivity index (χ1v) is 43.2. The number of carbonyl (C=O) groups is 4. The number of hydrogen-bond acceptors (Lipinski definition) is 15. The Kier molecular flexibility index (Phi) is 65.9. The van der Waals surface area contributed by atoms with Gasteiger partial charge in [-0.1, -0.05) is 344 Å². The molecule has 0 fully saturated rings. The van der Waals surface area contributed by atoms with Crippen molar-refractivity contribution < 1.29 is 80.2 Å². The van der Waals surface area contributed by atoms with Crippen molar-refractivity contribution in [1.29, 1.82) is 0 Å². The van der Waals surface area contributed by atoms with Gasteiger partial charge in [-0.15, -0.1) is 0 Å². The summed E-state index contributed by atoms with van der Waals surface area (Å²) in [7, 11) is -9.92. The molecule has 3 N–H and O–H groups in total. The summed E-state index contributed by atoms with van der Waals surface area (Å²) >= 11 is 0. The molecule has 3 unspecified atom stereocenters. The summed E-state index contributed by atoms with van der Waals surface area (Å²) in [5.74, 6) is 0.950. The van der Waals surface area contributed by atoms with Crippen LogP contribution in [0.2, 0.25) is 0 Å². The second-order valence-corrected chi connectivity index (χ2v) is 32.7. The maximum absolute atomic E-state index is 13.1. The molecule has 576 valence electrons. The lowest BCUT2D eigenvalue weighted by molar-refractivity contribution is -0.161. The number of hydrogen-bond donors (Lipinski definition) is 3. The number of phosphoric acid groups is 2. The van der Waals surface area contributed by atoms with Crippen molar-refractivity contribution >= 4 is 39.5 Å². The van der Waals surface area contributed by atoms with Crippen molar-refractivity contribution in [3.8, 4) is 0 Å². The molecule has 0 spiro atoms. The van der Waals surface area contributed by atoms with Crippen molar-refractivity contribution in [3.63, 3.8) is 0 Å². The minimum atomic E-state index is -4.96. The molecular formula is C78H152O17P2. The van der Waals surface area contributed by atoms with E-state index < -0.39 is 97.5 Å². The molecule has 6 atom stereocenters. The van der Waals surface area contributed by atoms with Gasteiger partial charge in [0.05, 0.1) is 26.4 Å². The lowest BCUT2D eigenvalue weighted by Crippen LogP contribution is -2.30.